The summed E-state index contributed by atoms with van der Waals surface area (Å²) < 4.78 is 0. The number of carbonyl (C=O) groups excluding carboxylic acids is 1. The largest absolute Gasteiger partial charge is 0.387 e. The van der Waals surface area contributed by atoms with Crippen molar-refractivity contribution in [2.75, 3.05) is 12.4 Å². The second-order valence-electron chi connectivity index (χ2n) is 5.79. The smallest absolute Gasteiger partial charge is 0.270 e. The minimum atomic E-state index is -0.510. The van der Waals surface area contributed by atoms with Gasteiger partial charge in [0.15, 0.2) is 0 Å². The first kappa shape index (κ1) is 17.5. The highest BCUT2D eigenvalue weighted by molar-refractivity contribution is 6.00. The molecule has 0 saturated heterocycles. The zero-order chi connectivity index (χ0) is 17.9. The van der Waals surface area contributed by atoms with Crippen LogP contribution in [-0.4, -0.2) is 17.9 Å². The number of nitrogens with zero attached hydrogens (tertiary/aromatic N) is 1. The van der Waals surface area contributed by atoms with E-state index in [0.717, 1.165) is 16.7 Å². The number of benzene rings is 2. The lowest BCUT2D eigenvalue weighted by atomic mass is 9.99. The Hall–Kier alpha value is -2.89. The van der Waals surface area contributed by atoms with Gasteiger partial charge in [-0.3, -0.25) is 14.9 Å². The van der Waals surface area contributed by atoms with E-state index < -0.39 is 4.92 Å². The molecule has 0 spiro atoms. The fraction of sp³-hybridized carbons (Fsp3) is 0.278. The lowest BCUT2D eigenvalue weighted by molar-refractivity contribution is -0.384. The van der Waals surface area contributed by atoms with E-state index in [9.17, 15) is 14.9 Å². The van der Waals surface area contributed by atoms with Crippen LogP contribution in [0.4, 0.5) is 11.4 Å². The summed E-state index contributed by atoms with van der Waals surface area (Å²) in [5.41, 5.74) is 3.91. The molecule has 126 valence electrons. The first-order valence-corrected chi connectivity index (χ1v) is 7.67. The molecule has 0 saturated carbocycles. The number of aryl methyl sites for hydroxylation is 2. The molecule has 1 atom stereocenters. The number of nitrogens with one attached hydrogen (secondary N) is 2. The van der Waals surface area contributed by atoms with Gasteiger partial charge in [0, 0.05) is 24.9 Å². The summed E-state index contributed by atoms with van der Waals surface area (Å²) in [4.78, 5) is 23.1. The van der Waals surface area contributed by atoms with Gasteiger partial charge in [0.2, 0.25) is 0 Å². The summed E-state index contributed by atoms with van der Waals surface area (Å²) in [7, 11) is 1.67. The molecule has 2 aromatic carbocycles. The van der Waals surface area contributed by atoms with Crippen molar-refractivity contribution < 1.29 is 9.72 Å². The molecule has 0 aromatic heterocycles. The number of hydrogen-bond acceptors (Lipinski definition) is 4. The van der Waals surface area contributed by atoms with Gasteiger partial charge >= 0.3 is 0 Å². The Kier molecular flexibility index (Phi) is 5.18. The predicted octanol–water partition coefficient (Wildman–Crippen LogP) is 3.74. The second kappa shape index (κ2) is 7.12. The average molecular weight is 327 g/mol. The van der Waals surface area contributed by atoms with Gasteiger partial charge in [-0.25, -0.2) is 0 Å². The Balaban J connectivity index is 2.30. The molecule has 0 aliphatic heterocycles. The van der Waals surface area contributed by atoms with Crippen molar-refractivity contribution >= 4 is 17.3 Å². The van der Waals surface area contributed by atoms with Crippen molar-refractivity contribution in [2.24, 2.45) is 0 Å². The highest BCUT2D eigenvalue weighted by Gasteiger charge is 2.19. The average Bonchev–Trinajstić information content (AvgIpc) is 2.56. The van der Waals surface area contributed by atoms with E-state index in [0.29, 0.717) is 5.69 Å². The summed E-state index contributed by atoms with van der Waals surface area (Å²) in [6.45, 7) is 5.89. The van der Waals surface area contributed by atoms with Gasteiger partial charge < -0.3 is 10.6 Å². The van der Waals surface area contributed by atoms with Crippen molar-refractivity contribution in [1.82, 2.24) is 5.32 Å². The van der Waals surface area contributed by atoms with Crippen LogP contribution in [0, 0.1) is 24.0 Å². The van der Waals surface area contributed by atoms with E-state index in [2.05, 4.69) is 10.6 Å². The van der Waals surface area contributed by atoms with Crippen LogP contribution in [-0.2, 0) is 0 Å². The van der Waals surface area contributed by atoms with Crippen LogP contribution in [0.15, 0.2) is 36.4 Å². The third-order valence-electron chi connectivity index (χ3n) is 3.98. The van der Waals surface area contributed by atoms with Gasteiger partial charge in [-0.2, -0.15) is 0 Å². The van der Waals surface area contributed by atoms with Gasteiger partial charge in [0.1, 0.15) is 0 Å². The van der Waals surface area contributed by atoms with Crippen LogP contribution in [0.5, 0.6) is 0 Å². The summed E-state index contributed by atoms with van der Waals surface area (Å²) in [5.74, 6) is -0.351. The SMILES string of the molecule is CNc1ccc([N+](=O)[O-])cc1C(=O)NC(C)c1cc(C)ccc1C. The molecule has 0 heterocycles. The maximum atomic E-state index is 12.6. The molecule has 2 aromatic rings. The zero-order valence-corrected chi connectivity index (χ0v) is 14.2. The number of nitro groups is 1. The Morgan fingerprint density at radius 1 is 1.17 bits per heavy atom. The lowest BCUT2D eigenvalue weighted by Gasteiger charge is -2.18. The normalized spacial score (nSPS) is 11.7. The van der Waals surface area contributed by atoms with Crippen LogP contribution < -0.4 is 10.6 Å². The molecule has 6 heteroatoms. The molecule has 0 aliphatic carbocycles. The lowest BCUT2D eigenvalue weighted by Crippen LogP contribution is -2.28. The summed E-state index contributed by atoms with van der Waals surface area (Å²) >= 11 is 0. The van der Waals surface area contributed by atoms with Gasteiger partial charge in [-0.1, -0.05) is 23.8 Å². The molecule has 0 bridgehead atoms. The number of anilines is 1. The highest BCUT2D eigenvalue weighted by Crippen LogP contribution is 2.24. The van der Waals surface area contributed by atoms with Crippen LogP contribution in [0.1, 0.15) is 40.0 Å². The molecule has 0 radical (unpaired) electrons. The van der Waals surface area contributed by atoms with Crippen molar-refractivity contribution in [3.8, 4) is 0 Å². The Morgan fingerprint density at radius 3 is 2.50 bits per heavy atom. The molecule has 24 heavy (non-hydrogen) atoms. The number of rotatable bonds is 5. The molecular formula is C18H21N3O3. The van der Waals surface area contributed by atoms with Crippen molar-refractivity contribution in [3.63, 3.8) is 0 Å². The molecule has 1 amide bonds. The van der Waals surface area contributed by atoms with E-state index in [1.54, 1.807) is 7.05 Å². The van der Waals surface area contributed by atoms with E-state index in [-0.39, 0.29) is 23.2 Å². The monoisotopic (exact) mass is 327 g/mol. The number of nitro benzene ring substituents is 1. The first-order valence-electron chi connectivity index (χ1n) is 7.67. The summed E-state index contributed by atoms with van der Waals surface area (Å²) in [6, 6.07) is 10.1. The van der Waals surface area contributed by atoms with Crippen molar-refractivity contribution in [1.29, 1.82) is 0 Å². The number of amides is 1. The molecule has 6 nitrogen and oxygen atoms in total. The topological polar surface area (TPSA) is 84.3 Å². The number of carbonyl (C=O) groups is 1. The minimum Gasteiger partial charge on any atom is -0.387 e. The van der Waals surface area contributed by atoms with Gasteiger partial charge in [0.05, 0.1) is 16.5 Å². The Bertz CT molecular complexity index is 787. The number of non-ortho nitro benzene ring substituents is 1. The second-order valence-corrected chi connectivity index (χ2v) is 5.79. The fourth-order valence-electron chi connectivity index (χ4n) is 2.63. The van der Waals surface area contributed by atoms with Gasteiger partial charge in [-0.15, -0.1) is 0 Å². The van der Waals surface area contributed by atoms with E-state index in [1.165, 1.54) is 18.2 Å². The third kappa shape index (κ3) is 3.71. The molecule has 0 aliphatic rings. The van der Waals surface area contributed by atoms with Crippen molar-refractivity contribution in [2.45, 2.75) is 26.8 Å². The van der Waals surface area contributed by atoms with Gasteiger partial charge in [-0.05, 0) is 38.0 Å². The molecule has 2 N–H and O–H groups in total. The van der Waals surface area contributed by atoms with Crippen LogP contribution in [0.25, 0.3) is 0 Å². The quantitative estimate of drug-likeness (QED) is 0.647. The predicted molar refractivity (Wildman–Crippen MR) is 94.4 cm³/mol. The fourth-order valence-corrected chi connectivity index (χ4v) is 2.63. The molecular weight excluding hydrogens is 306 g/mol. The maximum Gasteiger partial charge on any atom is 0.270 e. The van der Waals surface area contributed by atoms with E-state index >= 15 is 0 Å². The molecule has 0 fully saturated rings. The highest BCUT2D eigenvalue weighted by atomic mass is 16.6. The van der Waals surface area contributed by atoms with Crippen LogP contribution >= 0.6 is 0 Å². The Morgan fingerprint density at radius 2 is 1.88 bits per heavy atom. The van der Waals surface area contributed by atoms with E-state index in [1.807, 2.05) is 39.0 Å². The van der Waals surface area contributed by atoms with Crippen LogP contribution in [0.2, 0.25) is 0 Å². The molecule has 2 rings (SSSR count). The standard InChI is InChI=1S/C18H21N3O3/c1-11-5-6-12(2)15(9-11)13(3)20-18(22)16-10-14(21(23)24)7-8-17(16)19-4/h5-10,13,19H,1-4H3,(H,20,22). The van der Waals surface area contributed by atoms with Crippen molar-refractivity contribution in [3.05, 3.63) is 68.8 Å². The Labute approximate surface area is 141 Å². The van der Waals surface area contributed by atoms with Crippen LogP contribution in [0.3, 0.4) is 0 Å². The summed E-state index contributed by atoms with van der Waals surface area (Å²) in [6.07, 6.45) is 0. The first-order chi connectivity index (χ1) is 11.3. The molecule has 1 unspecified atom stereocenters. The third-order valence-corrected chi connectivity index (χ3v) is 3.98. The van der Waals surface area contributed by atoms with Gasteiger partial charge in [0.25, 0.3) is 11.6 Å². The van der Waals surface area contributed by atoms with E-state index in [4.69, 9.17) is 0 Å². The minimum absolute atomic E-state index is 0.112. The zero-order valence-electron chi connectivity index (χ0n) is 14.2. The number of hydrogen-bond donors (Lipinski definition) is 2. The maximum absolute atomic E-state index is 12.6. The summed E-state index contributed by atoms with van der Waals surface area (Å²) in [5, 5.41) is 16.8.